The predicted molar refractivity (Wildman–Crippen MR) is 111 cm³/mol. The lowest BCUT2D eigenvalue weighted by Gasteiger charge is -2.41. The summed E-state index contributed by atoms with van der Waals surface area (Å²) in [6, 6.07) is 8.59. The number of carbonyl (C=O) groups is 1. The fourth-order valence-electron chi connectivity index (χ4n) is 3.76. The fourth-order valence-corrected chi connectivity index (χ4v) is 5.37. The van der Waals surface area contributed by atoms with Crippen LogP contribution in [0, 0.1) is 0 Å². The molecule has 0 atom stereocenters. The van der Waals surface area contributed by atoms with Gasteiger partial charge in [0.2, 0.25) is 10.0 Å². The summed E-state index contributed by atoms with van der Waals surface area (Å²) in [6.45, 7) is 3.52. The zero-order valence-corrected chi connectivity index (χ0v) is 17.7. The fraction of sp³-hybridized carbons (Fsp3) is 0.500. The minimum Gasteiger partial charge on any atom is -0.385 e. The molecule has 2 aromatic rings. The van der Waals surface area contributed by atoms with Crippen molar-refractivity contribution in [1.82, 2.24) is 19.9 Å². The number of hydrogen-bond donors (Lipinski definition) is 2. The molecule has 1 aromatic carbocycles. The van der Waals surface area contributed by atoms with E-state index in [9.17, 15) is 13.2 Å². The molecule has 2 N–H and O–H groups in total. The zero-order valence-electron chi connectivity index (χ0n) is 16.8. The molecule has 8 nitrogen and oxygen atoms in total. The zero-order chi connectivity index (χ0) is 20.9. The Kier molecular flexibility index (Phi) is 6.71. The van der Waals surface area contributed by atoms with Crippen molar-refractivity contribution in [2.45, 2.75) is 36.6 Å². The average Bonchev–Trinajstić information content (AvgIpc) is 2.72. The highest BCUT2D eigenvalue weighted by Crippen LogP contribution is 2.31. The van der Waals surface area contributed by atoms with Crippen molar-refractivity contribution in [3.63, 3.8) is 0 Å². The maximum absolute atomic E-state index is 13.3. The minimum atomic E-state index is -3.69. The van der Waals surface area contributed by atoms with Gasteiger partial charge in [-0.2, -0.15) is 4.31 Å². The highest BCUT2D eigenvalue weighted by Gasteiger charge is 2.39. The average molecular weight is 421 g/mol. The van der Waals surface area contributed by atoms with Crippen molar-refractivity contribution < 1.29 is 17.9 Å². The van der Waals surface area contributed by atoms with Crippen molar-refractivity contribution in [2.24, 2.45) is 0 Å². The summed E-state index contributed by atoms with van der Waals surface area (Å²) in [4.78, 5) is 16.6. The van der Waals surface area contributed by atoms with E-state index in [2.05, 4.69) is 15.6 Å². The van der Waals surface area contributed by atoms with E-state index in [1.807, 2.05) is 19.1 Å². The maximum atomic E-state index is 13.3. The Bertz CT molecular complexity index is 951. The number of nitrogens with zero attached hydrogens (tertiary/aromatic N) is 2. The Hall–Kier alpha value is -2.23. The monoisotopic (exact) mass is 420 g/mol. The van der Waals surface area contributed by atoms with E-state index in [1.54, 1.807) is 31.5 Å². The SMILES string of the molecule is CCNC(=O)NC1(CCOC)CCN(S(=O)(=O)c2cccc3cccnc23)CC1. The van der Waals surface area contributed by atoms with E-state index < -0.39 is 15.6 Å². The number of methoxy groups -OCH3 is 1. The Morgan fingerprint density at radius 3 is 2.66 bits per heavy atom. The number of carbonyl (C=O) groups excluding carboxylic acids is 1. The molecule has 0 radical (unpaired) electrons. The molecule has 1 aliphatic rings. The quantitative estimate of drug-likeness (QED) is 0.715. The second kappa shape index (κ2) is 9.06. The van der Waals surface area contributed by atoms with Gasteiger partial charge in [0.25, 0.3) is 0 Å². The largest absolute Gasteiger partial charge is 0.385 e. The van der Waals surface area contributed by atoms with Crippen molar-refractivity contribution in [3.05, 3.63) is 36.5 Å². The van der Waals surface area contributed by atoms with Gasteiger partial charge in [-0.1, -0.05) is 18.2 Å². The summed E-state index contributed by atoms with van der Waals surface area (Å²) in [7, 11) is -2.07. The molecular weight excluding hydrogens is 392 g/mol. The predicted octanol–water partition coefficient (Wildman–Crippen LogP) is 2.11. The number of para-hydroxylation sites is 1. The van der Waals surface area contributed by atoms with Crippen molar-refractivity contribution >= 4 is 27.0 Å². The molecule has 2 heterocycles. The van der Waals surface area contributed by atoms with Crippen molar-refractivity contribution in [2.75, 3.05) is 33.4 Å². The number of aromatic nitrogens is 1. The number of hydrogen-bond acceptors (Lipinski definition) is 5. The minimum absolute atomic E-state index is 0.219. The first-order valence-corrected chi connectivity index (χ1v) is 11.2. The normalized spacial score (nSPS) is 17.2. The highest BCUT2D eigenvalue weighted by molar-refractivity contribution is 7.89. The molecule has 3 rings (SSSR count). The van der Waals surface area contributed by atoms with E-state index in [4.69, 9.17) is 4.74 Å². The molecule has 0 saturated carbocycles. The molecule has 0 bridgehead atoms. The number of benzene rings is 1. The van der Waals surface area contributed by atoms with Gasteiger partial charge in [-0.15, -0.1) is 0 Å². The van der Waals surface area contributed by atoms with Crippen LogP contribution in [-0.4, -0.2) is 62.6 Å². The summed E-state index contributed by atoms with van der Waals surface area (Å²) < 4.78 is 33.3. The topological polar surface area (TPSA) is 101 Å². The number of urea groups is 1. The molecule has 1 saturated heterocycles. The van der Waals surface area contributed by atoms with Gasteiger partial charge in [0, 0.05) is 50.5 Å². The lowest BCUT2D eigenvalue weighted by atomic mass is 9.85. The van der Waals surface area contributed by atoms with E-state index in [1.165, 1.54) is 4.31 Å². The number of ether oxygens (including phenoxy) is 1. The van der Waals surface area contributed by atoms with Crippen LogP contribution in [0.25, 0.3) is 10.9 Å². The van der Waals surface area contributed by atoms with Crippen LogP contribution in [0.15, 0.2) is 41.4 Å². The van der Waals surface area contributed by atoms with Crippen molar-refractivity contribution in [3.8, 4) is 0 Å². The van der Waals surface area contributed by atoms with Crippen LogP contribution < -0.4 is 10.6 Å². The number of rotatable bonds is 7. The van der Waals surface area contributed by atoms with Gasteiger partial charge in [-0.25, -0.2) is 13.2 Å². The van der Waals surface area contributed by atoms with E-state index in [-0.39, 0.29) is 10.9 Å². The third kappa shape index (κ3) is 4.68. The van der Waals surface area contributed by atoms with Gasteiger partial charge in [0.15, 0.2) is 0 Å². The molecule has 2 amide bonds. The Labute approximate surface area is 171 Å². The van der Waals surface area contributed by atoms with Crippen LogP contribution in [0.5, 0.6) is 0 Å². The van der Waals surface area contributed by atoms with Gasteiger partial charge in [0.05, 0.1) is 5.52 Å². The summed E-state index contributed by atoms with van der Waals surface area (Å²) in [5.74, 6) is 0. The summed E-state index contributed by atoms with van der Waals surface area (Å²) in [6.07, 6.45) is 3.27. The molecule has 0 aliphatic carbocycles. The van der Waals surface area contributed by atoms with E-state index in [0.717, 1.165) is 5.39 Å². The molecule has 158 valence electrons. The molecule has 0 spiro atoms. The van der Waals surface area contributed by atoms with Crippen LogP contribution in [-0.2, 0) is 14.8 Å². The van der Waals surface area contributed by atoms with Crippen LogP contribution >= 0.6 is 0 Å². The van der Waals surface area contributed by atoms with Gasteiger partial charge in [0.1, 0.15) is 4.90 Å². The van der Waals surface area contributed by atoms with E-state index >= 15 is 0 Å². The van der Waals surface area contributed by atoms with Crippen LogP contribution in [0.1, 0.15) is 26.2 Å². The summed E-state index contributed by atoms with van der Waals surface area (Å²) in [5, 5.41) is 6.59. The summed E-state index contributed by atoms with van der Waals surface area (Å²) in [5.41, 5.74) is -0.00941. The van der Waals surface area contributed by atoms with Crippen molar-refractivity contribution in [1.29, 1.82) is 0 Å². The molecule has 29 heavy (non-hydrogen) atoms. The molecule has 1 fully saturated rings. The second-order valence-corrected chi connectivity index (χ2v) is 9.15. The van der Waals surface area contributed by atoms with E-state index in [0.29, 0.717) is 51.0 Å². The van der Waals surface area contributed by atoms with Gasteiger partial charge in [-0.05, 0) is 38.3 Å². The third-order valence-corrected chi connectivity index (χ3v) is 7.32. The molecule has 1 aromatic heterocycles. The second-order valence-electron chi connectivity index (χ2n) is 7.24. The van der Waals surface area contributed by atoms with Gasteiger partial charge in [-0.3, -0.25) is 4.98 Å². The number of piperidine rings is 1. The van der Waals surface area contributed by atoms with Gasteiger partial charge < -0.3 is 15.4 Å². The Morgan fingerprint density at radius 2 is 1.97 bits per heavy atom. The number of fused-ring (bicyclic) bond motifs is 1. The lowest BCUT2D eigenvalue weighted by Crippen LogP contribution is -2.58. The Morgan fingerprint density at radius 1 is 1.24 bits per heavy atom. The first kappa shape index (κ1) is 21.5. The molecule has 1 aliphatic heterocycles. The van der Waals surface area contributed by atoms with Gasteiger partial charge >= 0.3 is 6.03 Å². The van der Waals surface area contributed by atoms with Crippen LogP contribution in [0.4, 0.5) is 4.79 Å². The Balaban J connectivity index is 1.81. The molecule has 0 unspecified atom stereocenters. The summed E-state index contributed by atoms with van der Waals surface area (Å²) >= 11 is 0. The number of pyridine rings is 1. The first-order chi connectivity index (χ1) is 13.9. The highest BCUT2D eigenvalue weighted by atomic mass is 32.2. The number of sulfonamides is 1. The molecular formula is C20H28N4O4S. The third-order valence-electron chi connectivity index (χ3n) is 5.39. The molecule has 9 heteroatoms. The first-order valence-electron chi connectivity index (χ1n) is 9.81. The standard InChI is InChI=1S/C20H28N4O4S/c1-3-21-19(25)23-20(11-15-28-2)9-13-24(14-10-20)29(26,27)17-8-4-6-16-7-5-12-22-18(16)17/h4-8,12H,3,9-11,13-15H2,1-2H3,(H2,21,23,25). The number of amides is 2. The maximum Gasteiger partial charge on any atom is 0.315 e. The number of nitrogens with one attached hydrogen (secondary N) is 2. The van der Waals surface area contributed by atoms with Crippen LogP contribution in [0.3, 0.4) is 0 Å². The lowest BCUT2D eigenvalue weighted by molar-refractivity contribution is 0.122. The smallest absolute Gasteiger partial charge is 0.315 e. The van der Waals surface area contributed by atoms with Crippen LogP contribution in [0.2, 0.25) is 0 Å².